The highest BCUT2D eigenvalue weighted by atomic mass is 16.5. The number of nitrogens with zero attached hydrogens (tertiary/aromatic N) is 2. The van der Waals surface area contributed by atoms with Crippen molar-refractivity contribution in [1.29, 1.82) is 0 Å². The zero-order chi connectivity index (χ0) is 15.1. The van der Waals surface area contributed by atoms with E-state index in [9.17, 15) is 4.79 Å². The Hall–Kier alpha value is -2.10. The van der Waals surface area contributed by atoms with Crippen molar-refractivity contribution in [1.82, 2.24) is 9.88 Å². The Balaban J connectivity index is 1.79. The molecule has 1 aromatic carbocycles. The lowest BCUT2D eigenvalue weighted by atomic mass is 9.90. The first kappa shape index (κ1) is 13.6. The summed E-state index contributed by atoms with van der Waals surface area (Å²) in [5.41, 5.74) is 1.94. The molecule has 1 aliphatic heterocycles. The van der Waals surface area contributed by atoms with E-state index < -0.39 is 6.10 Å². The second kappa shape index (κ2) is 5.27. The molecule has 0 bridgehead atoms. The van der Waals surface area contributed by atoms with Gasteiger partial charge in [-0.15, -0.1) is 0 Å². The van der Waals surface area contributed by atoms with Crippen LogP contribution in [0.5, 0.6) is 5.88 Å². The van der Waals surface area contributed by atoms with E-state index in [1.54, 1.807) is 0 Å². The van der Waals surface area contributed by atoms with Gasteiger partial charge in [0.05, 0.1) is 12.1 Å². The maximum Gasteiger partial charge on any atom is 0.264 e. The molecule has 1 aromatic heterocycles. The largest absolute Gasteiger partial charge is 0.464 e. The molecule has 0 unspecified atom stereocenters. The van der Waals surface area contributed by atoms with Crippen LogP contribution in [0.25, 0.3) is 10.9 Å². The summed E-state index contributed by atoms with van der Waals surface area (Å²) in [7, 11) is 0. The Bertz CT molecular complexity index is 724. The standard InChI is InChI=1S/C18H20N2O2/c1-2-16-18(21)20(14-7-5-8-14)11-13-10-12-6-3-4-9-15(12)19-17(13)22-16/h3-4,6,9-10,14,16H,2,5,7-8,11H2,1H3/t16-/m1/s1. The molecule has 0 spiro atoms. The predicted octanol–water partition coefficient (Wildman–Crippen LogP) is 3.29. The van der Waals surface area contributed by atoms with E-state index >= 15 is 0 Å². The van der Waals surface area contributed by atoms with Crippen LogP contribution < -0.4 is 4.74 Å². The molecule has 0 N–H and O–H groups in total. The number of hydrogen-bond donors (Lipinski definition) is 0. The summed E-state index contributed by atoms with van der Waals surface area (Å²) in [6.07, 6.45) is 3.71. The number of pyridine rings is 1. The highest BCUT2D eigenvalue weighted by molar-refractivity contribution is 5.84. The Kier molecular flexibility index (Phi) is 3.25. The van der Waals surface area contributed by atoms with Gasteiger partial charge in [-0.2, -0.15) is 0 Å². The van der Waals surface area contributed by atoms with Gasteiger partial charge in [-0.25, -0.2) is 4.98 Å². The van der Waals surface area contributed by atoms with Gasteiger partial charge in [0, 0.05) is 17.0 Å². The van der Waals surface area contributed by atoms with Crippen LogP contribution in [0.4, 0.5) is 0 Å². The van der Waals surface area contributed by atoms with Crippen LogP contribution in [0.3, 0.4) is 0 Å². The molecule has 2 heterocycles. The van der Waals surface area contributed by atoms with Crippen LogP contribution in [-0.4, -0.2) is 27.9 Å². The number of benzene rings is 1. The van der Waals surface area contributed by atoms with Crippen LogP contribution in [0, 0.1) is 0 Å². The number of rotatable bonds is 2. The maximum absolute atomic E-state index is 12.7. The van der Waals surface area contributed by atoms with Crippen molar-refractivity contribution < 1.29 is 9.53 Å². The van der Waals surface area contributed by atoms with Crippen molar-refractivity contribution in [3.05, 3.63) is 35.9 Å². The van der Waals surface area contributed by atoms with Crippen LogP contribution in [0.15, 0.2) is 30.3 Å². The fourth-order valence-corrected chi connectivity index (χ4v) is 3.25. The summed E-state index contributed by atoms with van der Waals surface area (Å²) >= 11 is 0. The smallest absolute Gasteiger partial charge is 0.264 e. The van der Waals surface area contributed by atoms with Crippen molar-refractivity contribution in [2.24, 2.45) is 0 Å². The fraction of sp³-hybridized carbons (Fsp3) is 0.444. The lowest BCUT2D eigenvalue weighted by molar-refractivity contribution is -0.142. The first-order chi connectivity index (χ1) is 10.8. The highest BCUT2D eigenvalue weighted by Crippen LogP contribution is 2.33. The molecule has 4 heteroatoms. The number of fused-ring (bicyclic) bond motifs is 2. The monoisotopic (exact) mass is 296 g/mol. The number of para-hydroxylation sites is 1. The fourth-order valence-electron chi connectivity index (χ4n) is 3.25. The van der Waals surface area contributed by atoms with Gasteiger partial charge < -0.3 is 9.64 Å². The van der Waals surface area contributed by atoms with Crippen molar-refractivity contribution in [3.63, 3.8) is 0 Å². The molecule has 114 valence electrons. The number of aromatic nitrogens is 1. The van der Waals surface area contributed by atoms with E-state index in [1.165, 1.54) is 6.42 Å². The molecule has 2 aromatic rings. The van der Waals surface area contributed by atoms with E-state index in [4.69, 9.17) is 4.74 Å². The third-order valence-corrected chi connectivity index (χ3v) is 4.80. The van der Waals surface area contributed by atoms with Crippen LogP contribution in [-0.2, 0) is 11.3 Å². The lowest BCUT2D eigenvalue weighted by Crippen LogP contribution is -2.47. The van der Waals surface area contributed by atoms with E-state index in [-0.39, 0.29) is 5.91 Å². The topological polar surface area (TPSA) is 42.4 Å². The third kappa shape index (κ3) is 2.14. The average molecular weight is 296 g/mol. The van der Waals surface area contributed by atoms with Gasteiger partial charge in [0.1, 0.15) is 0 Å². The molecule has 0 saturated heterocycles. The summed E-state index contributed by atoms with van der Waals surface area (Å²) in [6, 6.07) is 10.5. The van der Waals surface area contributed by atoms with Gasteiger partial charge in [-0.05, 0) is 37.8 Å². The minimum absolute atomic E-state index is 0.120. The zero-order valence-electron chi connectivity index (χ0n) is 12.8. The van der Waals surface area contributed by atoms with Gasteiger partial charge in [-0.3, -0.25) is 4.79 Å². The Labute approximate surface area is 130 Å². The molecule has 1 fully saturated rings. The van der Waals surface area contributed by atoms with E-state index in [2.05, 4.69) is 17.1 Å². The number of ether oxygens (including phenoxy) is 1. The lowest BCUT2D eigenvalue weighted by Gasteiger charge is -2.37. The molecule has 4 nitrogen and oxygen atoms in total. The average Bonchev–Trinajstić information content (AvgIpc) is 2.61. The zero-order valence-corrected chi connectivity index (χ0v) is 12.8. The minimum Gasteiger partial charge on any atom is -0.464 e. The van der Waals surface area contributed by atoms with Crippen LogP contribution in [0.1, 0.15) is 38.2 Å². The molecule has 1 aliphatic carbocycles. The second-order valence-electron chi connectivity index (χ2n) is 6.21. The van der Waals surface area contributed by atoms with E-state index in [0.29, 0.717) is 24.9 Å². The molecule has 0 radical (unpaired) electrons. The van der Waals surface area contributed by atoms with E-state index in [0.717, 1.165) is 29.3 Å². The molecule has 2 aliphatic rings. The molecule has 22 heavy (non-hydrogen) atoms. The number of amides is 1. The van der Waals surface area contributed by atoms with Crippen molar-refractivity contribution in [3.8, 4) is 5.88 Å². The first-order valence-electron chi connectivity index (χ1n) is 8.12. The first-order valence-corrected chi connectivity index (χ1v) is 8.12. The number of carbonyl (C=O) groups excluding carboxylic acids is 1. The van der Waals surface area contributed by atoms with Crippen LogP contribution in [0.2, 0.25) is 0 Å². The molecule has 4 rings (SSSR count). The molecule has 1 atom stereocenters. The Morgan fingerprint density at radius 2 is 2.14 bits per heavy atom. The minimum atomic E-state index is -0.407. The van der Waals surface area contributed by atoms with Crippen molar-refractivity contribution in [2.45, 2.75) is 51.3 Å². The summed E-state index contributed by atoms with van der Waals surface area (Å²) in [5, 5.41) is 1.10. The normalized spacial score (nSPS) is 22.0. The predicted molar refractivity (Wildman–Crippen MR) is 84.6 cm³/mol. The molecule has 1 amide bonds. The van der Waals surface area contributed by atoms with Crippen molar-refractivity contribution in [2.75, 3.05) is 0 Å². The molecular formula is C18H20N2O2. The van der Waals surface area contributed by atoms with Gasteiger partial charge in [0.15, 0.2) is 6.10 Å². The molecule has 1 saturated carbocycles. The SMILES string of the molecule is CC[C@H]1Oc2nc3ccccc3cc2CN(C2CCC2)C1=O. The second-order valence-corrected chi connectivity index (χ2v) is 6.21. The van der Waals surface area contributed by atoms with Gasteiger partial charge in [0.2, 0.25) is 5.88 Å². The third-order valence-electron chi connectivity index (χ3n) is 4.80. The molecular weight excluding hydrogens is 276 g/mol. The van der Waals surface area contributed by atoms with Crippen LogP contribution >= 0.6 is 0 Å². The van der Waals surface area contributed by atoms with Gasteiger partial charge in [0.25, 0.3) is 5.91 Å². The summed E-state index contributed by atoms with van der Waals surface area (Å²) < 4.78 is 5.97. The van der Waals surface area contributed by atoms with Crippen molar-refractivity contribution >= 4 is 16.8 Å². The quantitative estimate of drug-likeness (QED) is 0.854. The summed E-state index contributed by atoms with van der Waals surface area (Å²) in [6.45, 7) is 2.61. The number of carbonyl (C=O) groups is 1. The van der Waals surface area contributed by atoms with Gasteiger partial charge >= 0.3 is 0 Å². The summed E-state index contributed by atoms with van der Waals surface area (Å²) in [5.74, 6) is 0.745. The number of hydrogen-bond acceptors (Lipinski definition) is 3. The summed E-state index contributed by atoms with van der Waals surface area (Å²) in [4.78, 5) is 19.4. The Morgan fingerprint density at radius 1 is 1.32 bits per heavy atom. The van der Waals surface area contributed by atoms with E-state index in [1.807, 2.05) is 30.0 Å². The maximum atomic E-state index is 12.7. The van der Waals surface area contributed by atoms with Gasteiger partial charge in [-0.1, -0.05) is 25.1 Å². The Morgan fingerprint density at radius 3 is 2.86 bits per heavy atom. The highest BCUT2D eigenvalue weighted by Gasteiger charge is 2.36.